The van der Waals surface area contributed by atoms with Crippen molar-refractivity contribution >= 4 is 16.9 Å². The van der Waals surface area contributed by atoms with Gasteiger partial charge in [0.1, 0.15) is 29.2 Å². The summed E-state index contributed by atoms with van der Waals surface area (Å²) >= 11 is 0. The van der Waals surface area contributed by atoms with E-state index in [1.54, 1.807) is 26.0 Å². The zero-order valence-corrected chi connectivity index (χ0v) is 12.2. The number of aromatic hydroxyl groups is 1. The van der Waals surface area contributed by atoms with Gasteiger partial charge >= 0.3 is 5.97 Å². The minimum absolute atomic E-state index is 0.171. The average Bonchev–Trinajstić information content (AvgIpc) is 2.64. The normalized spacial score (nSPS) is 11.2. The van der Waals surface area contributed by atoms with E-state index in [4.69, 9.17) is 9.15 Å². The first-order chi connectivity index (χ1) is 9.43. The number of aryl methyl sites for hydroxylation is 1. The van der Waals surface area contributed by atoms with Crippen molar-refractivity contribution in [2.45, 2.75) is 20.4 Å². The lowest BCUT2D eigenvalue weighted by molar-refractivity contribution is -0.872. The van der Waals surface area contributed by atoms with Crippen LogP contribution >= 0.6 is 0 Å². The highest BCUT2D eigenvalue weighted by molar-refractivity contribution is 6.05. The molecule has 5 heteroatoms. The number of phenols is 1. The summed E-state index contributed by atoms with van der Waals surface area (Å²) in [5.41, 5.74) is 1.78. The minimum atomic E-state index is -0.422. The van der Waals surface area contributed by atoms with Gasteiger partial charge in [0.25, 0.3) is 0 Å². The molecule has 2 N–H and O–H groups in total. The standard InChI is InChI=1S/C15H19NO4/c1-5-19-15(18)14-9(2)20-13-6-10(8-16(3)4)12(17)7-11(13)14/h6-7,17H,5,8H2,1-4H3/p+1. The molecule has 1 aromatic heterocycles. The molecule has 0 saturated carbocycles. The van der Waals surface area contributed by atoms with Crippen LogP contribution in [0.2, 0.25) is 0 Å². The van der Waals surface area contributed by atoms with Gasteiger partial charge in [-0.25, -0.2) is 4.79 Å². The number of hydrogen-bond donors (Lipinski definition) is 2. The molecule has 0 saturated heterocycles. The van der Waals surface area contributed by atoms with Gasteiger partial charge in [0, 0.05) is 5.39 Å². The van der Waals surface area contributed by atoms with E-state index in [2.05, 4.69) is 0 Å². The van der Waals surface area contributed by atoms with E-state index in [9.17, 15) is 9.90 Å². The number of esters is 1. The van der Waals surface area contributed by atoms with Gasteiger partial charge in [-0.15, -0.1) is 0 Å². The highest BCUT2D eigenvalue weighted by atomic mass is 16.5. The lowest BCUT2D eigenvalue weighted by atomic mass is 10.1. The van der Waals surface area contributed by atoms with E-state index in [-0.39, 0.29) is 5.75 Å². The van der Waals surface area contributed by atoms with Crippen LogP contribution in [0.1, 0.15) is 28.6 Å². The highest BCUT2D eigenvalue weighted by Crippen LogP contribution is 2.31. The van der Waals surface area contributed by atoms with Crippen LogP contribution in [0, 0.1) is 6.92 Å². The second-order valence-electron chi connectivity index (χ2n) is 5.11. The van der Waals surface area contributed by atoms with E-state index < -0.39 is 5.97 Å². The fourth-order valence-corrected chi connectivity index (χ4v) is 2.28. The third-order valence-electron chi connectivity index (χ3n) is 3.09. The molecule has 0 atom stereocenters. The van der Waals surface area contributed by atoms with E-state index in [0.29, 0.717) is 35.4 Å². The number of rotatable bonds is 4. The number of ether oxygens (including phenoxy) is 1. The molecule has 5 nitrogen and oxygen atoms in total. The Bertz CT molecular complexity index is 643. The van der Waals surface area contributed by atoms with Crippen molar-refractivity contribution < 1.29 is 24.0 Å². The molecule has 0 aliphatic heterocycles. The van der Waals surface area contributed by atoms with Crippen LogP contribution < -0.4 is 4.90 Å². The Kier molecular flexibility index (Phi) is 3.99. The van der Waals surface area contributed by atoms with Crippen LogP contribution in [0.4, 0.5) is 0 Å². The molecule has 2 aromatic rings. The van der Waals surface area contributed by atoms with E-state index in [1.165, 1.54) is 4.90 Å². The second kappa shape index (κ2) is 5.54. The Morgan fingerprint density at radius 1 is 1.40 bits per heavy atom. The fraction of sp³-hybridized carbons (Fsp3) is 0.400. The van der Waals surface area contributed by atoms with Crippen LogP contribution in [0.25, 0.3) is 11.0 Å². The summed E-state index contributed by atoms with van der Waals surface area (Å²) in [4.78, 5) is 13.1. The summed E-state index contributed by atoms with van der Waals surface area (Å²) in [6.07, 6.45) is 0. The molecule has 0 aliphatic carbocycles. The molecule has 0 spiro atoms. The van der Waals surface area contributed by atoms with Gasteiger partial charge < -0.3 is 19.2 Å². The van der Waals surface area contributed by atoms with E-state index >= 15 is 0 Å². The Hall–Kier alpha value is -2.01. The predicted molar refractivity (Wildman–Crippen MR) is 75.1 cm³/mol. The SMILES string of the molecule is CCOC(=O)c1c(C)oc2cc(C[NH+](C)C)c(O)cc12. The van der Waals surface area contributed by atoms with Crippen LogP contribution in [0.3, 0.4) is 0 Å². The number of phenolic OH excluding ortho intramolecular Hbond substituents is 1. The summed E-state index contributed by atoms with van der Waals surface area (Å²) in [7, 11) is 4.00. The third kappa shape index (κ3) is 2.63. The monoisotopic (exact) mass is 278 g/mol. The molecule has 1 aromatic carbocycles. The van der Waals surface area contributed by atoms with Gasteiger partial charge in [-0.05, 0) is 26.0 Å². The number of fused-ring (bicyclic) bond motifs is 1. The van der Waals surface area contributed by atoms with Crippen molar-refractivity contribution in [3.63, 3.8) is 0 Å². The summed E-state index contributed by atoms with van der Waals surface area (Å²) in [6, 6.07) is 3.36. The lowest BCUT2D eigenvalue weighted by Gasteiger charge is -2.08. The molecule has 0 radical (unpaired) electrons. The topological polar surface area (TPSA) is 64.1 Å². The van der Waals surface area contributed by atoms with Crippen molar-refractivity contribution in [1.82, 2.24) is 0 Å². The number of carbonyl (C=O) groups excluding carboxylic acids is 1. The summed E-state index contributed by atoms with van der Waals surface area (Å²) in [6.45, 7) is 4.46. The van der Waals surface area contributed by atoms with Crippen LogP contribution in [0.5, 0.6) is 5.75 Å². The molecule has 0 bridgehead atoms. The number of benzene rings is 1. The largest absolute Gasteiger partial charge is 0.507 e. The number of furan rings is 1. The van der Waals surface area contributed by atoms with Crippen molar-refractivity contribution in [3.8, 4) is 5.75 Å². The zero-order chi connectivity index (χ0) is 14.9. The first-order valence-corrected chi connectivity index (χ1v) is 6.65. The van der Waals surface area contributed by atoms with Gasteiger partial charge in [0.15, 0.2) is 0 Å². The third-order valence-corrected chi connectivity index (χ3v) is 3.09. The van der Waals surface area contributed by atoms with Crippen LogP contribution in [0.15, 0.2) is 16.5 Å². The zero-order valence-electron chi connectivity index (χ0n) is 12.2. The van der Waals surface area contributed by atoms with Gasteiger partial charge in [-0.1, -0.05) is 0 Å². The smallest absolute Gasteiger partial charge is 0.342 e. The number of quaternary nitrogens is 1. The number of hydrogen-bond acceptors (Lipinski definition) is 4. The van der Waals surface area contributed by atoms with E-state index in [1.807, 2.05) is 14.1 Å². The second-order valence-corrected chi connectivity index (χ2v) is 5.11. The summed E-state index contributed by atoms with van der Waals surface area (Å²) in [5.74, 6) is 0.256. The molecule has 20 heavy (non-hydrogen) atoms. The summed E-state index contributed by atoms with van der Waals surface area (Å²) < 4.78 is 10.6. The van der Waals surface area contributed by atoms with Gasteiger partial charge in [-0.3, -0.25) is 0 Å². The van der Waals surface area contributed by atoms with Gasteiger partial charge in [0.2, 0.25) is 0 Å². The summed E-state index contributed by atoms with van der Waals surface area (Å²) in [5, 5.41) is 10.7. The Labute approximate surface area is 117 Å². The molecular formula is C15H20NO4+. The van der Waals surface area contributed by atoms with Crippen molar-refractivity contribution in [1.29, 1.82) is 0 Å². The Morgan fingerprint density at radius 3 is 2.70 bits per heavy atom. The quantitative estimate of drug-likeness (QED) is 0.827. The van der Waals surface area contributed by atoms with Crippen molar-refractivity contribution in [2.24, 2.45) is 0 Å². The Balaban J connectivity index is 2.55. The molecule has 0 aliphatic rings. The maximum atomic E-state index is 11.9. The van der Waals surface area contributed by atoms with Crippen LogP contribution in [-0.4, -0.2) is 31.8 Å². The maximum absolute atomic E-state index is 11.9. The van der Waals surface area contributed by atoms with Gasteiger partial charge in [-0.2, -0.15) is 0 Å². The highest BCUT2D eigenvalue weighted by Gasteiger charge is 2.21. The fourth-order valence-electron chi connectivity index (χ4n) is 2.28. The predicted octanol–water partition coefficient (Wildman–Crippen LogP) is 1.27. The maximum Gasteiger partial charge on any atom is 0.342 e. The van der Waals surface area contributed by atoms with Crippen molar-refractivity contribution in [3.05, 3.63) is 29.0 Å². The number of nitrogens with one attached hydrogen (secondary N) is 1. The van der Waals surface area contributed by atoms with Gasteiger partial charge in [0.05, 0.1) is 26.3 Å². The molecule has 108 valence electrons. The van der Waals surface area contributed by atoms with E-state index in [0.717, 1.165) is 5.56 Å². The minimum Gasteiger partial charge on any atom is -0.507 e. The van der Waals surface area contributed by atoms with Crippen LogP contribution in [-0.2, 0) is 11.3 Å². The average molecular weight is 278 g/mol. The molecule has 1 heterocycles. The lowest BCUT2D eigenvalue weighted by Crippen LogP contribution is -3.04. The first kappa shape index (κ1) is 14.4. The molecule has 0 unspecified atom stereocenters. The van der Waals surface area contributed by atoms with Crippen molar-refractivity contribution in [2.75, 3.05) is 20.7 Å². The molecule has 0 fully saturated rings. The molecule has 2 rings (SSSR count). The molecule has 0 amide bonds. The number of carbonyl (C=O) groups is 1. The molecular weight excluding hydrogens is 258 g/mol. The first-order valence-electron chi connectivity index (χ1n) is 6.65. The Morgan fingerprint density at radius 2 is 2.10 bits per heavy atom.